The molecule has 1 aromatic rings. The lowest BCUT2D eigenvalue weighted by molar-refractivity contribution is -0.141. The second kappa shape index (κ2) is 5.54. The van der Waals surface area contributed by atoms with E-state index in [4.69, 9.17) is 10.8 Å². The smallest absolute Gasteiger partial charge is 0.306 e. The Bertz CT molecular complexity index is 345. The predicted octanol–water partition coefficient (Wildman–Crippen LogP) is 2.56. The minimum Gasteiger partial charge on any atom is -0.481 e. The van der Waals surface area contributed by atoms with Gasteiger partial charge in [0.1, 0.15) is 0 Å². The minimum atomic E-state index is -0.718. The number of carboxylic acids is 1. The van der Waals surface area contributed by atoms with Gasteiger partial charge in [0.25, 0.3) is 0 Å². The Labute approximate surface area is 96.3 Å². The molecule has 0 bridgehead atoms. The van der Waals surface area contributed by atoms with Gasteiger partial charge in [-0.3, -0.25) is 4.79 Å². The molecule has 16 heavy (non-hydrogen) atoms. The van der Waals surface area contributed by atoms with Crippen molar-refractivity contribution in [1.82, 2.24) is 0 Å². The maximum Gasteiger partial charge on any atom is 0.306 e. The molecule has 0 aliphatic rings. The van der Waals surface area contributed by atoms with Crippen LogP contribution in [0.5, 0.6) is 0 Å². The highest BCUT2D eigenvalue weighted by molar-refractivity contribution is 5.69. The Hall–Kier alpha value is -1.51. The number of hydrogen-bond donors (Lipinski definition) is 2. The van der Waals surface area contributed by atoms with Crippen molar-refractivity contribution in [2.75, 3.05) is 5.73 Å². The first kappa shape index (κ1) is 12.6. The fourth-order valence-electron chi connectivity index (χ4n) is 1.84. The van der Waals surface area contributed by atoms with E-state index >= 15 is 0 Å². The molecular formula is C13H19NO2. The lowest BCUT2D eigenvalue weighted by atomic mass is 9.92. The summed E-state index contributed by atoms with van der Waals surface area (Å²) in [6.07, 6.45) is 1.61. The molecule has 2 atom stereocenters. The highest BCUT2D eigenvalue weighted by Gasteiger charge is 2.15. The molecule has 0 amide bonds. The van der Waals surface area contributed by atoms with Crippen LogP contribution in [0.15, 0.2) is 24.3 Å². The third-order valence-corrected chi connectivity index (χ3v) is 2.74. The van der Waals surface area contributed by atoms with Crippen LogP contribution in [-0.2, 0) is 11.2 Å². The van der Waals surface area contributed by atoms with Gasteiger partial charge < -0.3 is 10.8 Å². The largest absolute Gasteiger partial charge is 0.481 e. The average Bonchev–Trinajstić information content (AvgIpc) is 2.21. The molecule has 0 saturated heterocycles. The summed E-state index contributed by atoms with van der Waals surface area (Å²) in [5, 5.41) is 8.82. The number of anilines is 1. The molecule has 1 rings (SSSR count). The van der Waals surface area contributed by atoms with Gasteiger partial charge in [-0.1, -0.05) is 26.0 Å². The molecule has 0 aliphatic carbocycles. The molecule has 3 heteroatoms. The van der Waals surface area contributed by atoms with Gasteiger partial charge in [-0.05, 0) is 36.5 Å². The molecule has 3 N–H and O–H groups in total. The molecule has 0 heterocycles. The molecule has 0 spiro atoms. The van der Waals surface area contributed by atoms with Crippen LogP contribution in [0, 0.1) is 11.8 Å². The normalized spacial score (nSPS) is 14.4. The van der Waals surface area contributed by atoms with E-state index in [0.717, 1.165) is 12.1 Å². The summed E-state index contributed by atoms with van der Waals surface area (Å²) in [5.74, 6) is -0.623. The number of benzene rings is 1. The predicted molar refractivity (Wildman–Crippen MR) is 65.1 cm³/mol. The van der Waals surface area contributed by atoms with Crippen LogP contribution < -0.4 is 5.73 Å². The molecule has 88 valence electrons. The van der Waals surface area contributed by atoms with Crippen LogP contribution in [0.25, 0.3) is 0 Å². The van der Waals surface area contributed by atoms with Crippen LogP contribution >= 0.6 is 0 Å². The van der Waals surface area contributed by atoms with Crippen LogP contribution in [0.2, 0.25) is 0 Å². The Morgan fingerprint density at radius 1 is 1.31 bits per heavy atom. The standard InChI is InChI=1S/C13H19NO2/c1-9(7-10(2)13(15)16)8-11-3-5-12(14)6-4-11/h3-6,9-10H,7-8,14H2,1-2H3,(H,15,16)/t9-,10+/m1/s1. The molecule has 0 unspecified atom stereocenters. The van der Waals surface area contributed by atoms with E-state index in [1.807, 2.05) is 24.3 Å². The molecule has 3 nitrogen and oxygen atoms in total. The van der Waals surface area contributed by atoms with E-state index in [1.165, 1.54) is 5.56 Å². The lowest BCUT2D eigenvalue weighted by Gasteiger charge is -2.14. The van der Waals surface area contributed by atoms with Gasteiger partial charge in [-0.15, -0.1) is 0 Å². The van der Waals surface area contributed by atoms with Gasteiger partial charge >= 0.3 is 5.97 Å². The van der Waals surface area contributed by atoms with Gasteiger partial charge in [0.15, 0.2) is 0 Å². The highest BCUT2D eigenvalue weighted by atomic mass is 16.4. The van der Waals surface area contributed by atoms with Crippen LogP contribution in [0.1, 0.15) is 25.8 Å². The molecule has 0 aromatic heterocycles. The van der Waals surface area contributed by atoms with Gasteiger partial charge in [0, 0.05) is 5.69 Å². The zero-order chi connectivity index (χ0) is 12.1. The van der Waals surface area contributed by atoms with Gasteiger partial charge in [-0.2, -0.15) is 0 Å². The summed E-state index contributed by atoms with van der Waals surface area (Å²) in [5.41, 5.74) is 7.57. The molecule has 0 radical (unpaired) electrons. The summed E-state index contributed by atoms with van der Waals surface area (Å²) in [6.45, 7) is 3.83. The highest BCUT2D eigenvalue weighted by Crippen LogP contribution is 2.18. The van der Waals surface area contributed by atoms with E-state index < -0.39 is 5.97 Å². The van der Waals surface area contributed by atoms with E-state index in [1.54, 1.807) is 6.92 Å². The van der Waals surface area contributed by atoms with Crippen LogP contribution in [-0.4, -0.2) is 11.1 Å². The van der Waals surface area contributed by atoms with Crippen LogP contribution in [0.4, 0.5) is 5.69 Å². The topological polar surface area (TPSA) is 63.3 Å². The Morgan fingerprint density at radius 3 is 2.38 bits per heavy atom. The third-order valence-electron chi connectivity index (χ3n) is 2.74. The fraction of sp³-hybridized carbons (Fsp3) is 0.462. The van der Waals surface area contributed by atoms with Gasteiger partial charge in [0.05, 0.1) is 5.92 Å². The fourth-order valence-corrected chi connectivity index (χ4v) is 1.84. The van der Waals surface area contributed by atoms with Crippen molar-refractivity contribution in [3.63, 3.8) is 0 Å². The van der Waals surface area contributed by atoms with Crippen molar-refractivity contribution < 1.29 is 9.90 Å². The van der Waals surface area contributed by atoms with Crippen molar-refractivity contribution in [2.24, 2.45) is 11.8 Å². The number of hydrogen-bond acceptors (Lipinski definition) is 2. The van der Waals surface area contributed by atoms with E-state index in [0.29, 0.717) is 12.3 Å². The van der Waals surface area contributed by atoms with Gasteiger partial charge in [0.2, 0.25) is 0 Å². The second-order valence-corrected chi connectivity index (χ2v) is 4.53. The Kier molecular flexibility index (Phi) is 4.35. The molecule has 1 aromatic carbocycles. The molecule has 0 fully saturated rings. The number of carbonyl (C=O) groups is 1. The Morgan fingerprint density at radius 2 is 1.88 bits per heavy atom. The molecule has 0 saturated carbocycles. The maximum absolute atomic E-state index is 10.7. The summed E-state index contributed by atoms with van der Waals surface area (Å²) in [7, 11) is 0. The summed E-state index contributed by atoms with van der Waals surface area (Å²) >= 11 is 0. The molecule has 0 aliphatic heterocycles. The van der Waals surface area contributed by atoms with Crippen molar-refractivity contribution in [1.29, 1.82) is 0 Å². The van der Waals surface area contributed by atoms with Crippen LogP contribution in [0.3, 0.4) is 0 Å². The first-order valence-electron chi connectivity index (χ1n) is 5.56. The van der Waals surface area contributed by atoms with E-state index in [9.17, 15) is 4.79 Å². The molecular weight excluding hydrogens is 202 g/mol. The number of nitrogen functional groups attached to an aromatic ring is 1. The number of aliphatic carboxylic acids is 1. The van der Waals surface area contributed by atoms with Gasteiger partial charge in [-0.25, -0.2) is 0 Å². The summed E-state index contributed by atoms with van der Waals surface area (Å²) in [4.78, 5) is 10.7. The number of nitrogens with two attached hydrogens (primary N) is 1. The zero-order valence-electron chi connectivity index (χ0n) is 9.81. The lowest BCUT2D eigenvalue weighted by Crippen LogP contribution is -2.14. The quantitative estimate of drug-likeness (QED) is 0.751. The van der Waals surface area contributed by atoms with Crippen molar-refractivity contribution in [2.45, 2.75) is 26.7 Å². The monoisotopic (exact) mass is 221 g/mol. The SMILES string of the molecule is C[C@@H](Cc1ccc(N)cc1)C[C@H](C)C(=O)O. The first-order valence-corrected chi connectivity index (χ1v) is 5.56. The van der Waals surface area contributed by atoms with Crippen molar-refractivity contribution in [3.8, 4) is 0 Å². The van der Waals surface area contributed by atoms with Crippen molar-refractivity contribution in [3.05, 3.63) is 29.8 Å². The summed E-state index contributed by atoms with van der Waals surface area (Å²) < 4.78 is 0. The first-order chi connectivity index (χ1) is 7.49. The van der Waals surface area contributed by atoms with E-state index in [2.05, 4.69) is 6.92 Å². The third kappa shape index (κ3) is 3.93. The average molecular weight is 221 g/mol. The number of rotatable bonds is 5. The maximum atomic E-state index is 10.7. The summed E-state index contributed by atoms with van der Waals surface area (Å²) in [6, 6.07) is 7.75. The number of carboxylic acid groups (broad SMARTS) is 1. The second-order valence-electron chi connectivity index (χ2n) is 4.53. The Balaban J connectivity index is 2.48. The minimum absolute atomic E-state index is 0.274. The van der Waals surface area contributed by atoms with Crippen molar-refractivity contribution >= 4 is 11.7 Å². The zero-order valence-corrected chi connectivity index (χ0v) is 9.81. The van der Waals surface area contributed by atoms with E-state index in [-0.39, 0.29) is 5.92 Å².